The third kappa shape index (κ3) is 3.45. The number of halogens is 3. The van der Waals surface area contributed by atoms with Gasteiger partial charge in [0.25, 0.3) is 10.0 Å². The van der Waals surface area contributed by atoms with Gasteiger partial charge in [-0.3, -0.25) is 0 Å². The van der Waals surface area contributed by atoms with Crippen LogP contribution < -0.4 is 0 Å². The quantitative estimate of drug-likeness (QED) is 0.351. The van der Waals surface area contributed by atoms with E-state index in [1.54, 1.807) is 18.3 Å². The van der Waals surface area contributed by atoms with Crippen LogP contribution in [0.5, 0.6) is 0 Å². The van der Waals surface area contributed by atoms with Gasteiger partial charge in [0.1, 0.15) is 0 Å². The van der Waals surface area contributed by atoms with Crippen LogP contribution >= 0.6 is 61.1 Å². The molecule has 7 heteroatoms. The lowest BCUT2D eigenvalue weighted by molar-refractivity contribution is 0.588. The minimum atomic E-state index is -3.65. The average molecular weight is 628 g/mol. The lowest BCUT2D eigenvalue weighted by atomic mass is 10.2. The molecule has 2 aromatic carbocycles. The van der Waals surface area contributed by atoms with Crippen LogP contribution in [0.1, 0.15) is 5.56 Å². The molecular formula is C17H12BrI2NO2S. The van der Waals surface area contributed by atoms with E-state index in [9.17, 15) is 8.42 Å². The molecule has 0 aliphatic rings. The summed E-state index contributed by atoms with van der Waals surface area (Å²) in [6.45, 7) is 1.94. The van der Waals surface area contributed by atoms with Crippen LogP contribution in [0, 0.1) is 14.1 Å². The second-order valence-corrected chi connectivity index (χ2v) is 10.2. The lowest BCUT2D eigenvalue weighted by Crippen LogP contribution is -2.13. The van der Waals surface area contributed by atoms with Gasteiger partial charge in [0.05, 0.1) is 14.2 Å². The first-order valence-electron chi connectivity index (χ1n) is 6.95. The van der Waals surface area contributed by atoms with Crippen LogP contribution in [0.3, 0.4) is 0 Å². The van der Waals surface area contributed by atoms with Crippen LogP contribution in [-0.4, -0.2) is 12.4 Å². The van der Waals surface area contributed by atoms with Gasteiger partial charge in [0.2, 0.25) is 0 Å². The zero-order valence-corrected chi connectivity index (χ0v) is 19.2. The van der Waals surface area contributed by atoms with Crippen molar-refractivity contribution >= 4 is 71.1 Å². The van der Waals surface area contributed by atoms with E-state index in [0.29, 0.717) is 5.69 Å². The van der Waals surface area contributed by atoms with Crippen molar-refractivity contribution in [3.05, 3.63) is 71.9 Å². The molecule has 0 unspecified atom stereocenters. The molecule has 0 saturated carbocycles. The summed E-state index contributed by atoms with van der Waals surface area (Å²) >= 11 is 7.78. The third-order valence-electron chi connectivity index (χ3n) is 3.56. The minimum absolute atomic E-state index is 0.286. The fourth-order valence-electron chi connectivity index (χ4n) is 2.31. The summed E-state index contributed by atoms with van der Waals surface area (Å²) in [5.41, 5.74) is 2.58. The van der Waals surface area contributed by atoms with Gasteiger partial charge >= 0.3 is 0 Å². The first-order valence-corrected chi connectivity index (χ1v) is 11.3. The van der Waals surface area contributed by atoms with Crippen LogP contribution in [0.15, 0.2) is 64.1 Å². The standard InChI is InChI=1S/C17H12BrI2NO2S/c1-11-2-8-14(9-3-11)24(22,23)21-10-15(19)16(20)17(21)12-4-6-13(18)7-5-12/h2-10H,1H3. The summed E-state index contributed by atoms with van der Waals surface area (Å²) in [4.78, 5) is 0.286. The number of aromatic nitrogens is 1. The molecule has 0 amide bonds. The molecule has 24 heavy (non-hydrogen) atoms. The molecule has 3 nitrogen and oxygen atoms in total. The molecule has 0 spiro atoms. The summed E-state index contributed by atoms with van der Waals surface area (Å²) in [5.74, 6) is 0. The highest BCUT2D eigenvalue weighted by molar-refractivity contribution is 14.1. The highest BCUT2D eigenvalue weighted by Crippen LogP contribution is 2.34. The predicted molar refractivity (Wildman–Crippen MR) is 117 cm³/mol. The molecule has 0 bridgehead atoms. The van der Waals surface area contributed by atoms with Crippen molar-refractivity contribution in [3.63, 3.8) is 0 Å². The molecule has 3 aromatic rings. The normalized spacial score (nSPS) is 11.7. The molecular weight excluding hydrogens is 616 g/mol. The van der Waals surface area contributed by atoms with Crippen LogP contribution in [0.4, 0.5) is 0 Å². The molecule has 0 fully saturated rings. The minimum Gasteiger partial charge on any atom is -0.239 e. The number of hydrogen-bond donors (Lipinski definition) is 0. The number of aryl methyl sites for hydroxylation is 1. The highest BCUT2D eigenvalue weighted by atomic mass is 127. The van der Waals surface area contributed by atoms with Crippen molar-refractivity contribution in [1.29, 1.82) is 0 Å². The summed E-state index contributed by atoms with van der Waals surface area (Å²) in [7, 11) is -3.65. The molecule has 1 heterocycles. The molecule has 0 aliphatic heterocycles. The van der Waals surface area contributed by atoms with Gasteiger partial charge in [-0.15, -0.1) is 0 Å². The van der Waals surface area contributed by atoms with Gasteiger partial charge < -0.3 is 0 Å². The first-order chi connectivity index (χ1) is 11.3. The van der Waals surface area contributed by atoms with Crippen molar-refractivity contribution in [1.82, 2.24) is 3.97 Å². The largest absolute Gasteiger partial charge is 0.268 e. The van der Waals surface area contributed by atoms with E-state index in [0.717, 1.165) is 22.7 Å². The van der Waals surface area contributed by atoms with E-state index in [1.165, 1.54) is 3.97 Å². The predicted octanol–water partition coefficient (Wildman–Crippen LogP) is 5.67. The molecule has 124 valence electrons. The van der Waals surface area contributed by atoms with Gasteiger partial charge in [-0.1, -0.05) is 45.8 Å². The Morgan fingerprint density at radius 2 is 1.54 bits per heavy atom. The Morgan fingerprint density at radius 3 is 2.12 bits per heavy atom. The van der Waals surface area contributed by atoms with Gasteiger partial charge in [-0.2, -0.15) is 0 Å². The van der Waals surface area contributed by atoms with E-state index in [1.807, 2.05) is 43.3 Å². The van der Waals surface area contributed by atoms with E-state index in [2.05, 4.69) is 61.1 Å². The molecule has 0 radical (unpaired) electrons. The van der Waals surface area contributed by atoms with E-state index >= 15 is 0 Å². The van der Waals surface area contributed by atoms with Crippen molar-refractivity contribution in [2.45, 2.75) is 11.8 Å². The lowest BCUT2D eigenvalue weighted by Gasteiger charge is -2.11. The van der Waals surface area contributed by atoms with Gasteiger partial charge in [0, 0.05) is 19.8 Å². The van der Waals surface area contributed by atoms with Crippen LogP contribution in [-0.2, 0) is 10.0 Å². The Bertz CT molecular complexity index is 994. The van der Waals surface area contributed by atoms with Crippen LogP contribution in [0.2, 0.25) is 0 Å². The van der Waals surface area contributed by atoms with E-state index in [4.69, 9.17) is 0 Å². The van der Waals surface area contributed by atoms with Crippen molar-refractivity contribution < 1.29 is 8.42 Å². The highest BCUT2D eigenvalue weighted by Gasteiger charge is 2.24. The van der Waals surface area contributed by atoms with Crippen molar-refractivity contribution in [2.75, 3.05) is 0 Å². The molecule has 0 aliphatic carbocycles. The monoisotopic (exact) mass is 627 g/mol. The Hall–Kier alpha value is -0.390. The SMILES string of the molecule is Cc1ccc(S(=O)(=O)n2cc(I)c(I)c2-c2ccc(Br)cc2)cc1. The van der Waals surface area contributed by atoms with Crippen molar-refractivity contribution in [3.8, 4) is 11.3 Å². The van der Waals surface area contributed by atoms with Crippen LogP contribution in [0.25, 0.3) is 11.3 Å². The topological polar surface area (TPSA) is 39.1 Å². The molecule has 0 N–H and O–H groups in total. The second kappa shape index (κ2) is 7.08. The molecule has 1 aromatic heterocycles. The maximum atomic E-state index is 13.1. The van der Waals surface area contributed by atoms with E-state index < -0.39 is 10.0 Å². The smallest absolute Gasteiger partial charge is 0.239 e. The summed E-state index contributed by atoms with van der Waals surface area (Å²) in [6.07, 6.45) is 1.68. The Labute approximate surface area is 176 Å². The number of hydrogen-bond acceptors (Lipinski definition) is 2. The Kier molecular flexibility index (Phi) is 5.43. The second-order valence-electron chi connectivity index (χ2n) is 5.26. The van der Waals surface area contributed by atoms with Gasteiger partial charge in [-0.25, -0.2) is 12.4 Å². The Balaban J connectivity index is 2.23. The van der Waals surface area contributed by atoms with Gasteiger partial charge in [0.15, 0.2) is 0 Å². The maximum Gasteiger partial charge on any atom is 0.268 e. The summed E-state index contributed by atoms with van der Waals surface area (Å²) < 4.78 is 30.4. The van der Waals surface area contributed by atoms with Crippen molar-refractivity contribution in [2.24, 2.45) is 0 Å². The molecule has 0 saturated heterocycles. The first kappa shape index (κ1) is 18.4. The van der Waals surface area contributed by atoms with E-state index in [-0.39, 0.29) is 4.90 Å². The zero-order valence-electron chi connectivity index (χ0n) is 12.5. The summed E-state index contributed by atoms with van der Waals surface area (Å²) in [6, 6.07) is 14.6. The zero-order chi connectivity index (χ0) is 17.5. The fraction of sp³-hybridized carbons (Fsp3) is 0.0588. The fourth-order valence-corrected chi connectivity index (χ4v) is 5.56. The maximum absolute atomic E-state index is 13.1. The average Bonchev–Trinajstić information content (AvgIpc) is 2.85. The number of benzene rings is 2. The number of nitrogens with zero attached hydrogens (tertiary/aromatic N) is 1. The summed E-state index contributed by atoms with van der Waals surface area (Å²) in [5, 5.41) is 0. The molecule has 0 atom stereocenters. The third-order valence-corrected chi connectivity index (χ3v) is 8.71. The molecule has 3 rings (SSSR count). The van der Waals surface area contributed by atoms with Gasteiger partial charge in [-0.05, 0) is 76.4 Å². The Morgan fingerprint density at radius 1 is 0.958 bits per heavy atom. The number of rotatable bonds is 3.